The van der Waals surface area contributed by atoms with Crippen LogP contribution in [0.5, 0.6) is 0 Å². The first-order chi connectivity index (χ1) is 12.1. The molecule has 138 valence electrons. The van der Waals surface area contributed by atoms with E-state index in [9.17, 15) is 22.8 Å². The maximum absolute atomic E-state index is 12.3. The number of anilines is 1. The highest BCUT2D eigenvalue weighted by molar-refractivity contribution is 7.92. The standard InChI is InChI=1S/C17H18N2O6S/c1-10(20)13-8-15(18-9-13)17(22)25-11(2)16(21)12-4-6-14(7-5-12)19-26(3,23)24/h4-9,11,18-19H,1-3H3/t11-/m1/s1. The van der Waals surface area contributed by atoms with Gasteiger partial charge in [0.15, 0.2) is 11.9 Å². The fourth-order valence-electron chi connectivity index (χ4n) is 2.14. The van der Waals surface area contributed by atoms with Gasteiger partial charge in [-0.2, -0.15) is 0 Å². The average Bonchev–Trinajstić information content (AvgIpc) is 3.03. The summed E-state index contributed by atoms with van der Waals surface area (Å²) < 4.78 is 29.7. The lowest BCUT2D eigenvalue weighted by molar-refractivity contribution is 0.0314. The van der Waals surface area contributed by atoms with E-state index in [-0.39, 0.29) is 17.0 Å². The van der Waals surface area contributed by atoms with Gasteiger partial charge in [0.05, 0.1) is 6.26 Å². The number of aromatic amines is 1. The molecule has 0 spiro atoms. The van der Waals surface area contributed by atoms with Crippen LogP contribution in [0.25, 0.3) is 0 Å². The number of sulfonamides is 1. The number of H-pyrrole nitrogens is 1. The number of ketones is 2. The first-order valence-electron chi connectivity index (χ1n) is 7.59. The number of Topliss-reactive ketones (excluding diaryl/α,β-unsaturated/α-hetero) is 2. The Morgan fingerprint density at radius 3 is 2.23 bits per heavy atom. The topological polar surface area (TPSA) is 122 Å². The van der Waals surface area contributed by atoms with Gasteiger partial charge >= 0.3 is 5.97 Å². The first-order valence-corrected chi connectivity index (χ1v) is 9.48. The van der Waals surface area contributed by atoms with Gasteiger partial charge in [-0.3, -0.25) is 14.3 Å². The van der Waals surface area contributed by atoms with Gasteiger partial charge in [0.1, 0.15) is 5.69 Å². The van der Waals surface area contributed by atoms with E-state index in [0.717, 1.165) is 6.26 Å². The zero-order chi connectivity index (χ0) is 19.5. The van der Waals surface area contributed by atoms with Crippen LogP contribution in [0.1, 0.15) is 45.1 Å². The van der Waals surface area contributed by atoms with Gasteiger partial charge in [-0.25, -0.2) is 13.2 Å². The molecule has 0 amide bonds. The normalized spacial score (nSPS) is 12.3. The Balaban J connectivity index is 2.04. The number of hydrogen-bond acceptors (Lipinski definition) is 6. The number of ether oxygens (including phenoxy) is 1. The van der Waals surface area contributed by atoms with Crippen LogP contribution in [0.4, 0.5) is 5.69 Å². The fourth-order valence-corrected chi connectivity index (χ4v) is 2.71. The summed E-state index contributed by atoms with van der Waals surface area (Å²) in [5.74, 6) is -1.40. The molecule has 0 aliphatic heterocycles. The molecule has 1 atom stereocenters. The van der Waals surface area contributed by atoms with E-state index in [4.69, 9.17) is 4.74 Å². The predicted octanol–water partition coefficient (Wildman–Crippen LogP) is 2.02. The number of aromatic nitrogens is 1. The number of benzene rings is 1. The lowest BCUT2D eigenvalue weighted by Crippen LogP contribution is -2.24. The summed E-state index contributed by atoms with van der Waals surface area (Å²) in [7, 11) is -3.41. The number of esters is 1. The Labute approximate surface area is 150 Å². The second kappa shape index (κ2) is 7.52. The Morgan fingerprint density at radius 1 is 1.12 bits per heavy atom. The third kappa shape index (κ3) is 5.03. The van der Waals surface area contributed by atoms with Crippen LogP contribution in [0.3, 0.4) is 0 Å². The number of hydrogen-bond donors (Lipinski definition) is 2. The zero-order valence-corrected chi connectivity index (χ0v) is 15.2. The molecule has 0 saturated carbocycles. The van der Waals surface area contributed by atoms with Crippen molar-refractivity contribution in [2.24, 2.45) is 0 Å². The molecule has 2 rings (SSSR count). The summed E-state index contributed by atoms with van der Waals surface area (Å²) in [6.07, 6.45) is 1.35. The monoisotopic (exact) mass is 378 g/mol. The van der Waals surface area contributed by atoms with Crippen molar-refractivity contribution >= 4 is 33.2 Å². The van der Waals surface area contributed by atoms with Crippen LogP contribution in [-0.4, -0.2) is 43.3 Å². The highest BCUT2D eigenvalue weighted by Crippen LogP contribution is 2.14. The lowest BCUT2D eigenvalue weighted by atomic mass is 10.1. The van der Waals surface area contributed by atoms with Crippen molar-refractivity contribution < 1.29 is 27.5 Å². The van der Waals surface area contributed by atoms with Crippen molar-refractivity contribution in [3.8, 4) is 0 Å². The Hall–Kier alpha value is -2.94. The first kappa shape index (κ1) is 19.4. The summed E-state index contributed by atoms with van der Waals surface area (Å²) in [4.78, 5) is 38.3. The van der Waals surface area contributed by atoms with Gasteiger partial charge in [0, 0.05) is 23.0 Å². The maximum Gasteiger partial charge on any atom is 0.355 e. The molecule has 1 aromatic heterocycles. The Kier molecular flexibility index (Phi) is 5.61. The van der Waals surface area contributed by atoms with E-state index in [1.807, 2.05) is 0 Å². The Bertz CT molecular complexity index is 944. The lowest BCUT2D eigenvalue weighted by Gasteiger charge is -2.12. The average molecular weight is 378 g/mol. The van der Waals surface area contributed by atoms with Crippen molar-refractivity contribution in [3.63, 3.8) is 0 Å². The minimum absolute atomic E-state index is 0.0718. The minimum atomic E-state index is -3.41. The molecule has 26 heavy (non-hydrogen) atoms. The maximum atomic E-state index is 12.3. The van der Waals surface area contributed by atoms with E-state index in [1.54, 1.807) is 0 Å². The van der Waals surface area contributed by atoms with Gasteiger partial charge in [-0.05, 0) is 44.2 Å². The van der Waals surface area contributed by atoms with Crippen LogP contribution in [0, 0.1) is 0 Å². The van der Waals surface area contributed by atoms with Crippen LogP contribution in [-0.2, 0) is 14.8 Å². The molecule has 0 saturated heterocycles. The van der Waals surface area contributed by atoms with Crippen molar-refractivity contribution in [3.05, 3.63) is 53.3 Å². The van der Waals surface area contributed by atoms with Crippen LogP contribution < -0.4 is 4.72 Å². The fraction of sp³-hybridized carbons (Fsp3) is 0.235. The molecular weight excluding hydrogens is 360 g/mol. The third-order valence-electron chi connectivity index (χ3n) is 3.44. The smallest absolute Gasteiger partial charge is 0.355 e. The largest absolute Gasteiger partial charge is 0.450 e. The summed E-state index contributed by atoms with van der Waals surface area (Å²) in [6, 6.07) is 7.10. The van der Waals surface area contributed by atoms with E-state index >= 15 is 0 Å². The number of carbonyl (C=O) groups is 3. The molecule has 0 aliphatic carbocycles. The van der Waals surface area contributed by atoms with Crippen molar-refractivity contribution in [2.45, 2.75) is 20.0 Å². The van der Waals surface area contributed by atoms with E-state index in [1.165, 1.54) is 50.4 Å². The van der Waals surface area contributed by atoms with Gasteiger partial charge in [0.2, 0.25) is 15.8 Å². The zero-order valence-electron chi connectivity index (χ0n) is 14.4. The minimum Gasteiger partial charge on any atom is -0.450 e. The highest BCUT2D eigenvalue weighted by Gasteiger charge is 2.21. The van der Waals surface area contributed by atoms with Crippen LogP contribution in [0.2, 0.25) is 0 Å². The molecule has 8 nitrogen and oxygen atoms in total. The summed E-state index contributed by atoms with van der Waals surface area (Å²) in [5.41, 5.74) is 0.990. The van der Waals surface area contributed by atoms with E-state index in [0.29, 0.717) is 11.3 Å². The molecule has 1 aromatic carbocycles. The third-order valence-corrected chi connectivity index (χ3v) is 4.04. The summed E-state index contributed by atoms with van der Waals surface area (Å²) in [6.45, 7) is 2.80. The molecule has 0 unspecified atom stereocenters. The van der Waals surface area contributed by atoms with Crippen LogP contribution in [0.15, 0.2) is 36.5 Å². The SMILES string of the molecule is CC(=O)c1c[nH]c(C(=O)O[C@H](C)C(=O)c2ccc(NS(C)(=O)=O)cc2)c1. The molecule has 0 bridgehead atoms. The van der Waals surface area contributed by atoms with Gasteiger partial charge in [0.25, 0.3) is 0 Å². The van der Waals surface area contributed by atoms with Crippen molar-refractivity contribution in [2.75, 3.05) is 11.0 Å². The second-order valence-corrected chi connectivity index (χ2v) is 7.47. The molecule has 9 heteroatoms. The van der Waals surface area contributed by atoms with Gasteiger partial charge < -0.3 is 9.72 Å². The molecule has 2 aromatic rings. The molecule has 2 N–H and O–H groups in total. The number of carbonyl (C=O) groups excluding carboxylic acids is 3. The van der Waals surface area contributed by atoms with Crippen molar-refractivity contribution in [1.29, 1.82) is 0 Å². The molecule has 0 fully saturated rings. The van der Waals surface area contributed by atoms with E-state index < -0.39 is 27.9 Å². The number of rotatable bonds is 7. The molecule has 0 aliphatic rings. The van der Waals surface area contributed by atoms with Gasteiger partial charge in [-0.15, -0.1) is 0 Å². The van der Waals surface area contributed by atoms with Gasteiger partial charge in [-0.1, -0.05) is 0 Å². The highest BCUT2D eigenvalue weighted by atomic mass is 32.2. The Morgan fingerprint density at radius 2 is 1.73 bits per heavy atom. The second-order valence-electron chi connectivity index (χ2n) is 5.72. The summed E-state index contributed by atoms with van der Waals surface area (Å²) >= 11 is 0. The molecule has 1 heterocycles. The van der Waals surface area contributed by atoms with Crippen LogP contribution >= 0.6 is 0 Å². The number of nitrogens with one attached hydrogen (secondary N) is 2. The molecular formula is C17H18N2O6S. The quantitative estimate of drug-likeness (QED) is 0.561. The molecule has 0 radical (unpaired) electrons. The van der Waals surface area contributed by atoms with E-state index in [2.05, 4.69) is 9.71 Å². The summed E-state index contributed by atoms with van der Waals surface area (Å²) in [5, 5.41) is 0. The predicted molar refractivity (Wildman–Crippen MR) is 94.9 cm³/mol. The van der Waals surface area contributed by atoms with Crippen molar-refractivity contribution in [1.82, 2.24) is 4.98 Å².